The Morgan fingerprint density at radius 3 is 2.38 bits per heavy atom. The van der Waals surface area contributed by atoms with Crippen LogP contribution < -0.4 is 5.32 Å². The Kier molecular flexibility index (Phi) is 6.37. The predicted molar refractivity (Wildman–Crippen MR) is 79.3 cm³/mol. The summed E-state index contributed by atoms with van der Waals surface area (Å²) in [4.78, 5) is 23.7. The number of aliphatic hydroxyl groups is 1. The van der Waals surface area contributed by atoms with E-state index in [9.17, 15) is 14.7 Å². The van der Waals surface area contributed by atoms with Crippen LogP contribution in [0.25, 0.3) is 0 Å². The van der Waals surface area contributed by atoms with Crippen LogP contribution in [0.2, 0.25) is 0 Å². The lowest BCUT2D eigenvalue weighted by molar-refractivity contribution is -0.157. The lowest BCUT2D eigenvalue weighted by Gasteiger charge is -2.21. The zero-order chi connectivity index (χ0) is 15.9. The van der Waals surface area contributed by atoms with Crippen LogP contribution in [0.3, 0.4) is 0 Å². The van der Waals surface area contributed by atoms with Gasteiger partial charge in [-0.05, 0) is 26.3 Å². The molecule has 1 atom stereocenters. The largest absolute Gasteiger partial charge is 0.460 e. The first-order valence-corrected chi connectivity index (χ1v) is 6.96. The van der Waals surface area contributed by atoms with Crippen molar-refractivity contribution in [3.8, 4) is 0 Å². The third kappa shape index (κ3) is 6.90. The maximum absolute atomic E-state index is 12.0. The van der Waals surface area contributed by atoms with Crippen LogP contribution in [0.5, 0.6) is 0 Å². The van der Waals surface area contributed by atoms with E-state index in [2.05, 4.69) is 5.32 Å². The molecule has 0 unspecified atom stereocenters. The zero-order valence-corrected chi connectivity index (χ0v) is 12.8. The third-order valence-electron chi connectivity index (χ3n) is 2.73. The van der Waals surface area contributed by atoms with Crippen molar-refractivity contribution in [1.29, 1.82) is 0 Å². The van der Waals surface area contributed by atoms with Gasteiger partial charge in [-0.15, -0.1) is 0 Å². The molecule has 0 bridgehead atoms. The van der Waals surface area contributed by atoms with Crippen LogP contribution in [-0.4, -0.2) is 29.2 Å². The molecule has 0 heterocycles. The van der Waals surface area contributed by atoms with Crippen molar-refractivity contribution >= 4 is 11.9 Å². The number of ether oxygens (including phenoxy) is 1. The van der Waals surface area contributed by atoms with Gasteiger partial charge in [0.2, 0.25) is 5.91 Å². The smallest absolute Gasteiger partial charge is 0.307 e. The van der Waals surface area contributed by atoms with Crippen molar-refractivity contribution in [3.63, 3.8) is 0 Å². The Labute approximate surface area is 125 Å². The molecule has 1 amide bonds. The number of nitrogens with one attached hydrogen (secondary N) is 1. The van der Waals surface area contributed by atoms with Crippen molar-refractivity contribution in [2.24, 2.45) is 5.92 Å². The van der Waals surface area contributed by atoms with Gasteiger partial charge in [0.05, 0.1) is 18.9 Å². The number of aliphatic hydroxyl groups excluding tert-OH is 1. The molecule has 1 rings (SSSR count). The zero-order valence-electron chi connectivity index (χ0n) is 12.8. The molecule has 0 aliphatic heterocycles. The Balaban J connectivity index is 2.48. The molecular formula is C16H23NO4. The first-order chi connectivity index (χ1) is 9.81. The summed E-state index contributed by atoms with van der Waals surface area (Å²) in [6.07, 6.45) is -0.131. The summed E-state index contributed by atoms with van der Waals surface area (Å²) < 4.78 is 5.15. The number of benzene rings is 1. The van der Waals surface area contributed by atoms with Crippen molar-refractivity contribution in [2.75, 3.05) is 6.61 Å². The molecule has 0 spiro atoms. The lowest BCUT2D eigenvalue weighted by atomic mass is 10.1. The highest BCUT2D eigenvalue weighted by Gasteiger charge is 2.24. The van der Waals surface area contributed by atoms with Gasteiger partial charge in [0.15, 0.2) is 0 Å². The summed E-state index contributed by atoms with van der Waals surface area (Å²) in [7, 11) is 0. The number of carbonyl (C=O) groups is 2. The first-order valence-electron chi connectivity index (χ1n) is 6.96. The minimum Gasteiger partial charge on any atom is -0.460 e. The minimum atomic E-state index is -0.788. The average molecular weight is 293 g/mol. The lowest BCUT2D eigenvalue weighted by Crippen LogP contribution is -2.35. The summed E-state index contributed by atoms with van der Waals surface area (Å²) in [5, 5.41) is 12.0. The monoisotopic (exact) mass is 293 g/mol. The van der Waals surface area contributed by atoms with Gasteiger partial charge in [0.1, 0.15) is 5.60 Å². The van der Waals surface area contributed by atoms with Crippen LogP contribution in [0.4, 0.5) is 0 Å². The standard InChI is InChI=1S/C16H23NO4/c1-16(2,3)21-14(19)9-13(11-18)15(20)17-10-12-7-5-4-6-8-12/h4-8,13,18H,9-11H2,1-3H3,(H,17,20)/t13-/m1/s1. The van der Waals surface area contributed by atoms with Gasteiger partial charge in [-0.1, -0.05) is 30.3 Å². The normalized spacial score (nSPS) is 12.6. The molecule has 0 aliphatic rings. The van der Waals surface area contributed by atoms with Crippen LogP contribution in [0.1, 0.15) is 32.8 Å². The molecule has 0 saturated heterocycles. The van der Waals surface area contributed by atoms with Gasteiger partial charge in [-0.25, -0.2) is 0 Å². The maximum Gasteiger partial charge on any atom is 0.307 e. The van der Waals surface area contributed by atoms with E-state index < -0.39 is 17.5 Å². The molecule has 116 valence electrons. The molecular weight excluding hydrogens is 270 g/mol. The van der Waals surface area contributed by atoms with E-state index in [-0.39, 0.29) is 18.9 Å². The second-order valence-corrected chi connectivity index (χ2v) is 5.87. The Morgan fingerprint density at radius 1 is 1.24 bits per heavy atom. The van der Waals surface area contributed by atoms with Crippen LogP contribution >= 0.6 is 0 Å². The summed E-state index contributed by atoms with van der Waals surface area (Å²) in [6.45, 7) is 5.25. The Bertz CT molecular complexity index is 465. The minimum absolute atomic E-state index is 0.131. The van der Waals surface area contributed by atoms with Crippen molar-refractivity contribution in [1.82, 2.24) is 5.32 Å². The second-order valence-electron chi connectivity index (χ2n) is 5.87. The molecule has 2 N–H and O–H groups in total. The summed E-state index contributed by atoms with van der Waals surface area (Å²) >= 11 is 0. The number of carbonyl (C=O) groups excluding carboxylic acids is 2. The predicted octanol–water partition coefficient (Wildman–Crippen LogP) is 1.64. The van der Waals surface area contributed by atoms with Crippen molar-refractivity contribution in [3.05, 3.63) is 35.9 Å². The fraction of sp³-hybridized carbons (Fsp3) is 0.500. The molecule has 0 fully saturated rings. The molecule has 5 heteroatoms. The highest BCUT2D eigenvalue weighted by molar-refractivity contribution is 5.83. The number of hydrogen-bond acceptors (Lipinski definition) is 4. The maximum atomic E-state index is 12.0. The van der Waals surface area contributed by atoms with Gasteiger partial charge >= 0.3 is 5.97 Å². The van der Waals surface area contributed by atoms with E-state index in [0.29, 0.717) is 6.54 Å². The summed E-state index contributed by atoms with van der Waals surface area (Å²) in [6, 6.07) is 9.44. The van der Waals surface area contributed by atoms with Gasteiger partial charge in [0.25, 0.3) is 0 Å². The number of amides is 1. The molecule has 0 aliphatic carbocycles. The van der Waals surface area contributed by atoms with Gasteiger partial charge in [0, 0.05) is 6.54 Å². The first kappa shape index (κ1) is 17.2. The van der Waals surface area contributed by atoms with Crippen molar-refractivity contribution < 1.29 is 19.4 Å². The topological polar surface area (TPSA) is 75.6 Å². The van der Waals surface area contributed by atoms with E-state index in [1.807, 2.05) is 30.3 Å². The van der Waals surface area contributed by atoms with Crippen LogP contribution in [0.15, 0.2) is 30.3 Å². The fourth-order valence-corrected chi connectivity index (χ4v) is 1.75. The van der Waals surface area contributed by atoms with E-state index in [4.69, 9.17) is 4.74 Å². The number of esters is 1. The average Bonchev–Trinajstić information content (AvgIpc) is 2.41. The fourth-order valence-electron chi connectivity index (χ4n) is 1.75. The molecule has 0 aromatic heterocycles. The molecule has 5 nitrogen and oxygen atoms in total. The van der Waals surface area contributed by atoms with Crippen molar-refractivity contribution in [2.45, 2.75) is 39.3 Å². The van der Waals surface area contributed by atoms with Crippen LogP contribution in [-0.2, 0) is 20.9 Å². The summed E-state index contributed by atoms with van der Waals surface area (Å²) in [5.74, 6) is -1.63. The van der Waals surface area contributed by atoms with Crippen LogP contribution in [0, 0.1) is 5.92 Å². The second kappa shape index (κ2) is 7.78. The molecule has 21 heavy (non-hydrogen) atoms. The molecule has 0 saturated carbocycles. The van der Waals surface area contributed by atoms with E-state index >= 15 is 0 Å². The third-order valence-corrected chi connectivity index (χ3v) is 2.73. The highest BCUT2D eigenvalue weighted by Crippen LogP contribution is 2.12. The SMILES string of the molecule is CC(C)(C)OC(=O)C[C@H](CO)C(=O)NCc1ccccc1. The van der Waals surface area contributed by atoms with Gasteiger partial charge < -0.3 is 15.2 Å². The number of hydrogen-bond donors (Lipinski definition) is 2. The Morgan fingerprint density at radius 2 is 1.86 bits per heavy atom. The molecule has 1 aromatic carbocycles. The number of rotatable bonds is 6. The highest BCUT2D eigenvalue weighted by atomic mass is 16.6. The van der Waals surface area contributed by atoms with E-state index in [0.717, 1.165) is 5.56 Å². The van der Waals surface area contributed by atoms with Gasteiger partial charge in [-0.3, -0.25) is 9.59 Å². The molecule has 1 aromatic rings. The Hall–Kier alpha value is -1.88. The van der Waals surface area contributed by atoms with E-state index in [1.165, 1.54) is 0 Å². The molecule has 0 radical (unpaired) electrons. The quantitative estimate of drug-likeness (QED) is 0.782. The summed E-state index contributed by atoms with van der Waals surface area (Å²) in [5.41, 5.74) is 0.359. The van der Waals surface area contributed by atoms with Gasteiger partial charge in [-0.2, -0.15) is 0 Å². The van der Waals surface area contributed by atoms with E-state index in [1.54, 1.807) is 20.8 Å².